The molecule has 0 unspecified atom stereocenters. The molecular formula is C12H12ClNO4S. The number of anilines is 1. The summed E-state index contributed by atoms with van der Waals surface area (Å²) in [6.45, 7) is 1.46. The van der Waals surface area contributed by atoms with E-state index < -0.39 is 10.0 Å². The Hall–Kier alpha value is -1.50. The average molecular weight is 302 g/mol. The van der Waals surface area contributed by atoms with E-state index in [4.69, 9.17) is 21.1 Å². The Balaban J connectivity index is 2.28. The maximum atomic E-state index is 12.0. The fraction of sp³-hybridized carbons (Fsp3) is 0.167. The number of aliphatic hydroxyl groups is 1. The average Bonchev–Trinajstić information content (AvgIpc) is 2.83. The monoisotopic (exact) mass is 301 g/mol. The van der Waals surface area contributed by atoms with Crippen molar-refractivity contribution in [3.8, 4) is 0 Å². The van der Waals surface area contributed by atoms with E-state index in [1.165, 1.54) is 18.2 Å². The van der Waals surface area contributed by atoms with Crippen LogP contribution in [0.15, 0.2) is 39.8 Å². The third-order valence-electron chi connectivity index (χ3n) is 2.48. The van der Waals surface area contributed by atoms with Crippen molar-refractivity contribution < 1.29 is 17.9 Å². The second-order valence-corrected chi connectivity index (χ2v) is 5.97. The second kappa shape index (κ2) is 5.24. The van der Waals surface area contributed by atoms with Crippen LogP contribution in [0.1, 0.15) is 11.3 Å². The van der Waals surface area contributed by atoms with Crippen LogP contribution in [0.5, 0.6) is 0 Å². The van der Waals surface area contributed by atoms with Crippen molar-refractivity contribution >= 4 is 27.3 Å². The van der Waals surface area contributed by atoms with Gasteiger partial charge in [0.1, 0.15) is 12.4 Å². The quantitative estimate of drug-likeness (QED) is 0.909. The number of benzene rings is 1. The Labute approximate surface area is 115 Å². The molecule has 0 saturated carbocycles. The predicted molar refractivity (Wildman–Crippen MR) is 71.6 cm³/mol. The highest BCUT2D eigenvalue weighted by Gasteiger charge is 2.19. The zero-order valence-corrected chi connectivity index (χ0v) is 11.6. The Kier molecular flexibility index (Phi) is 3.84. The molecule has 5 nitrogen and oxygen atoms in total. The largest absolute Gasteiger partial charge is 0.445 e. The Bertz CT molecular complexity index is 694. The Morgan fingerprint density at radius 3 is 2.63 bits per heavy atom. The molecule has 102 valence electrons. The van der Waals surface area contributed by atoms with Crippen molar-refractivity contribution in [2.45, 2.75) is 18.6 Å². The first-order valence-electron chi connectivity index (χ1n) is 5.41. The Morgan fingerprint density at radius 2 is 2.05 bits per heavy atom. The van der Waals surface area contributed by atoms with Gasteiger partial charge in [-0.3, -0.25) is 4.72 Å². The van der Waals surface area contributed by atoms with E-state index in [1.807, 2.05) is 6.92 Å². The second-order valence-electron chi connectivity index (χ2n) is 3.95. The zero-order valence-electron chi connectivity index (χ0n) is 10.1. The summed E-state index contributed by atoms with van der Waals surface area (Å²) in [5.41, 5.74) is 1.20. The van der Waals surface area contributed by atoms with Crippen LogP contribution in [-0.2, 0) is 16.6 Å². The molecule has 0 bridgehead atoms. The highest BCUT2D eigenvalue weighted by molar-refractivity contribution is 7.92. The summed E-state index contributed by atoms with van der Waals surface area (Å²) in [7, 11) is -3.82. The third kappa shape index (κ3) is 3.09. The lowest BCUT2D eigenvalue weighted by Gasteiger charge is -2.07. The predicted octanol–water partition coefficient (Wildman–Crippen LogP) is 2.53. The van der Waals surface area contributed by atoms with Gasteiger partial charge in [0, 0.05) is 5.02 Å². The van der Waals surface area contributed by atoms with Crippen molar-refractivity contribution in [1.29, 1.82) is 0 Å². The molecular weight excluding hydrogens is 290 g/mol. The molecule has 0 aliphatic rings. The molecule has 2 N–H and O–H groups in total. The summed E-state index contributed by atoms with van der Waals surface area (Å²) in [6, 6.07) is 7.51. The number of aliphatic hydroxyl groups excluding tert-OH is 1. The first-order valence-corrected chi connectivity index (χ1v) is 7.27. The van der Waals surface area contributed by atoms with Gasteiger partial charge in [-0.15, -0.1) is 0 Å². The van der Waals surface area contributed by atoms with Gasteiger partial charge in [0.25, 0.3) is 10.0 Å². The van der Waals surface area contributed by atoms with E-state index in [-0.39, 0.29) is 17.5 Å². The number of aryl methyl sites for hydroxylation is 1. The lowest BCUT2D eigenvalue weighted by atomic mass is 10.2. The van der Waals surface area contributed by atoms with Crippen LogP contribution in [-0.4, -0.2) is 13.5 Å². The van der Waals surface area contributed by atoms with Gasteiger partial charge in [-0.2, -0.15) is 8.42 Å². The maximum absolute atomic E-state index is 12.0. The molecule has 1 aromatic heterocycles. The molecule has 2 rings (SSSR count). The van der Waals surface area contributed by atoms with Crippen LogP contribution in [0, 0.1) is 6.92 Å². The first kappa shape index (κ1) is 13.9. The molecule has 0 amide bonds. The van der Waals surface area contributed by atoms with Crippen molar-refractivity contribution in [1.82, 2.24) is 0 Å². The smallest absolute Gasteiger partial charge is 0.295 e. The van der Waals surface area contributed by atoms with Gasteiger partial charge in [0.2, 0.25) is 5.09 Å². The molecule has 0 spiro atoms. The van der Waals surface area contributed by atoms with Crippen molar-refractivity contribution in [3.63, 3.8) is 0 Å². The van der Waals surface area contributed by atoms with E-state index in [1.54, 1.807) is 12.1 Å². The first-order chi connectivity index (χ1) is 8.92. The minimum Gasteiger partial charge on any atom is -0.445 e. The summed E-state index contributed by atoms with van der Waals surface area (Å²) >= 11 is 5.92. The van der Waals surface area contributed by atoms with Crippen molar-refractivity contribution in [2.24, 2.45) is 0 Å². The van der Waals surface area contributed by atoms with E-state index in [2.05, 4.69) is 4.72 Å². The summed E-state index contributed by atoms with van der Waals surface area (Å²) < 4.78 is 31.3. The molecule has 0 aliphatic heterocycles. The summed E-state index contributed by atoms with van der Waals surface area (Å²) in [5.74, 6) is 0.183. The highest BCUT2D eigenvalue weighted by atomic mass is 35.5. The molecule has 0 aliphatic carbocycles. The van der Waals surface area contributed by atoms with Gasteiger partial charge < -0.3 is 9.52 Å². The molecule has 0 fully saturated rings. The molecule has 1 aromatic carbocycles. The molecule has 7 heteroatoms. The van der Waals surface area contributed by atoms with Crippen LogP contribution in [0.25, 0.3) is 0 Å². The molecule has 0 atom stereocenters. The lowest BCUT2D eigenvalue weighted by molar-refractivity contribution is 0.236. The summed E-state index contributed by atoms with van der Waals surface area (Å²) in [5, 5.41) is 9.06. The van der Waals surface area contributed by atoms with Gasteiger partial charge in [0.15, 0.2) is 0 Å². The Morgan fingerprint density at radius 1 is 1.32 bits per heavy atom. The SMILES string of the molecule is Cc1ccc(NS(=O)(=O)c2ccc(CO)o2)cc1Cl. The number of rotatable bonds is 4. The topological polar surface area (TPSA) is 79.5 Å². The van der Waals surface area contributed by atoms with Crippen LogP contribution < -0.4 is 4.72 Å². The molecule has 0 saturated heterocycles. The standard InChI is InChI=1S/C12H12ClNO4S/c1-8-2-3-9(6-11(8)13)14-19(16,17)12-5-4-10(7-15)18-12/h2-6,14-15H,7H2,1H3. The van der Waals surface area contributed by atoms with Gasteiger partial charge in [-0.05, 0) is 36.8 Å². The number of sulfonamides is 1. The number of hydrogen-bond acceptors (Lipinski definition) is 4. The van der Waals surface area contributed by atoms with Crippen molar-refractivity contribution in [3.05, 3.63) is 46.7 Å². The fourth-order valence-electron chi connectivity index (χ4n) is 1.45. The van der Waals surface area contributed by atoms with E-state index in [0.29, 0.717) is 10.7 Å². The minimum absolute atomic E-state index is 0.183. The highest BCUT2D eigenvalue weighted by Crippen LogP contribution is 2.23. The van der Waals surface area contributed by atoms with Crippen LogP contribution >= 0.6 is 11.6 Å². The molecule has 19 heavy (non-hydrogen) atoms. The van der Waals surface area contributed by atoms with Crippen LogP contribution in [0.4, 0.5) is 5.69 Å². The van der Waals surface area contributed by atoms with E-state index in [0.717, 1.165) is 5.56 Å². The number of nitrogens with one attached hydrogen (secondary N) is 1. The van der Waals surface area contributed by atoms with Gasteiger partial charge in [-0.1, -0.05) is 17.7 Å². The summed E-state index contributed by atoms with van der Waals surface area (Å²) in [6.07, 6.45) is 0. The number of furan rings is 1. The minimum atomic E-state index is -3.82. The lowest BCUT2D eigenvalue weighted by Crippen LogP contribution is -2.12. The van der Waals surface area contributed by atoms with Crippen LogP contribution in [0.3, 0.4) is 0 Å². The van der Waals surface area contributed by atoms with E-state index >= 15 is 0 Å². The number of halogens is 1. The summed E-state index contributed by atoms with van der Waals surface area (Å²) in [4.78, 5) is 0. The van der Waals surface area contributed by atoms with Crippen molar-refractivity contribution in [2.75, 3.05) is 4.72 Å². The maximum Gasteiger partial charge on any atom is 0.295 e. The molecule has 1 heterocycles. The zero-order chi connectivity index (χ0) is 14.0. The van der Waals surface area contributed by atoms with E-state index in [9.17, 15) is 8.42 Å². The van der Waals surface area contributed by atoms with Gasteiger partial charge >= 0.3 is 0 Å². The third-order valence-corrected chi connectivity index (χ3v) is 4.14. The molecule has 2 aromatic rings. The number of hydrogen-bond donors (Lipinski definition) is 2. The van der Waals surface area contributed by atoms with Gasteiger partial charge in [-0.25, -0.2) is 0 Å². The normalized spacial score (nSPS) is 11.5. The molecule has 0 radical (unpaired) electrons. The fourth-order valence-corrected chi connectivity index (χ4v) is 2.63. The van der Waals surface area contributed by atoms with Gasteiger partial charge in [0.05, 0.1) is 5.69 Å². The van der Waals surface area contributed by atoms with Crippen LogP contribution in [0.2, 0.25) is 5.02 Å².